The standard InChI is InChI=1S/C25H43Br/c1-2-3-4-5-6-7-8-9-10-11-12-13-14-15-16-17-18-19-20-21-22-23-24-25-26/h2-9,14-25H2,1H3. The van der Waals surface area contributed by atoms with Gasteiger partial charge < -0.3 is 0 Å². The van der Waals surface area contributed by atoms with Gasteiger partial charge in [0.25, 0.3) is 0 Å². The maximum Gasteiger partial charge on any atom is 0.00989 e. The summed E-state index contributed by atoms with van der Waals surface area (Å²) in [6, 6.07) is 0. The van der Waals surface area contributed by atoms with Crippen LogP contribution in [0.1, 0.15) is 129 Å². The van der Waals surface area contributed by atoms with Gasteiger partial charge in [0.1, 0.15) is 0 Å². The van der Waals surface area contributed by atoms with Gasteiger partial charge in [0, 0.05) is 18.2 Å². The van der Waals surface area contributed by atoms with Crippen molar-refractivity contribution in [2.24, 2.45) is 0 Å². The van der Waals surface area contributed by atoms with Gasteiger partial charge in [-0.05, 0) is 31.1 Å². The van der Waals surface area contributed by atoms with Crippen LogP contribution in [0.5, 0.6) is 0 Å². The lowest BCUT2D eigenvalue weighted by atomic mass is 10.1. The van der Waals surface area contributed by atoms with Gasteiger partial charge >= 0.3 is 0 Å². The predicted octanol–water partition coefficient (Wildman–Crippen LogP) is 8.82. The molecule has 0 atom stereocenters. The topological polar surface area (TPSA) is 0 Å². The Hall–Kier alpha value is -0.400. The summed E-state index contributed by atoms with van der Waals surface area (Å²) in [4.78, 5) is 0. The van der Waals surface area contributed by atoms with Crippen molar-refractivity contribution in [2.45, 2.75) is 129 Å². The van der Waals surface area contributed by atoms with Crippen molar-refractivity contribution >= 4 is 15.9 Å². The fourth-order valence-electron chi connectivity index (χ4n) is 3.11. The van der Waals surface area contributed by atoms with E-state index in [0.29, 0.717) is 0 Å². The molecule has 0 aromatic rings. The Labute approximate surface area is 173 Å². The third-order valence-electron chi connectivity index (χ3n) is 4.83. The van der Waals surface area contributed by atoms with Gasteiger partial charge in [0.15, 0.2) is 0 Å². The molecule has 0 bridgehead atoms. The summed E-state index contributed by atoms with van der Waals surface area (Å²) >= 11 is 3.49. The second-order valence-electron chi connectivity index (χ2n) is 7.45. The van der Waals surface area contributed by atoms with E-state index < -0.39 is 0 Å². The summed E-state index contributed by atoms with van der Waals surface area (Å²) in [7, 11) is 0. The number of alkyl halides is 1. The Balaban J connectivity index is 3.21. The molecule has 150 valence electrons. The van der Waals surface area contributed by atoms with Crippen molar-refractivity contribution in [3.63, 3.8) is 0 Å². The van der Waals surface area contributed by atoms with Crippen LogP contribution in [0.3, 0.4) is 0 Å². The number of unbranched alkanes of at least 4 members (excludes halogenated alkanes) is 17. The van der Waals surface area contributed by atoms with Crippen molar-refractivity contribution in [3.8, 4) is 23.7 Å². The van der Waals surface area contributed by atoms with E-state index in [1.54, 1.807) is 0 Å². The Morgan fingerprint density at radius 2 is 0.808 bits per heavy atom. The highest BCUT2D eigenvalue weighted by atomic mass is 79.9. The lowest BCUT2D eigenvalue weighted by Gasteiger charge is -2.01. The Bertz CT molecular complexity index is 376. The lowest BCUT2D eigenvalue weighted by molar-refractivity contribution is 0.559. The first kappa shape index (κ1) is 25.6. The molecule has 0 nitrogen and oxygen atoms in total. The Morgan fingerprint density at radius 3 is 1.19 bits per heavy atom. The normalized spacial score (nSPS) is 10.1. The van der Waals surface area contributed by atoms with Gasteiger partial charge in [-0.2, -0.15) is 0 Å². The molecule has 0 saturated carbocycles. The number of halogens is 1. The van der Waals surface area contributed by atoms with Crippen LogP contribution in [0.4, 0.5) is 0 Å². The SMILES string of the molecule is CCCCCCCCCC#CC#CCCCCCCCCCCCCBr. The van der Waals surface area contributed by atoms with E-state index >= 15 is 0 Å². The first-order valence-electron chi connectivity index (χ1n) is 11.4. The second kappa shape index (κ2) is 24.6. The highest BCUT2D eigenvalue weighted by Crippen LogP contribution is 2.11. The summed E-state index contributed by atoms with van der Waals surface area (Å²) < 4.78 is 0. The molecule has 1 heteroatoms. The molecule has 0 rings (SSSR count). The van der Waals surface area contributed by atoms with E-state index in [1.165, 1.54) is 114 Å². The largest absolute Gasteiger partial charge is 0.0928 e. The highest BCUT2D eigenvalue weighted by molar-refractivity contribution is 9.09. The smallest absolute Gasteiger partial charge is 0.00989 e. The van der Waals surface area contributed by atoms with Crippen molar-refractivity contribution in [3.05, 3.63) is 0 Å². The quantitative estimate of drug-likeness (QED) is 0.117. The molecule has 0 amide bonds. The minimum atomic E-state index is 1.03. The van der Waals surface area contributed by atoms with Gasteiger partial charge in [0.05, 0.1) is 0 Å². The maximum atomic E-state index is 3.49. The monoisotopic (exact) mass is 422 g/mol. The minimum Gasteiger partial charge on any atom is -0.0928 e. The van der Waals surface area contributed by atoms with Crippen LogP contribution in [0.2, 0.25) is 0 Å². The lowest BCUT2D eigenvalue weighted by Crippen LogP contribution is -1.82. The molecule has 0 aliphatic carbocycles. The molecule has 0 N–H and O–H groups in total. The molecule has 0 aromatic carbocycles. The summed E-state index contributed by atoms with van der Waals surface area (Å²) in [5, 5.41) is 1.17. The zero-order valence-electron chi connectivity index (χ0n) is 17.5. The third kappa shape index (κ3) is 23.6. The molecule has 0 aromatic heterocycles. The number of hydrogen-bond donors (Lipinski definition) is 0. The van der Waals surface area contributed by atoms with E-state index in [0.717, 1.165) is 12.8 Å². The van der Waals surface area contributed by atoms with Gasteiger partial charge in [-0.15, -0.1) is 0 Å². The molecule has 0 aliphatic rings. The third-order valence-corrected chi connectivity index (χ3v) is 5.39. The average molecular weight is 424 g/mol. The molecule has 0 saturated heterocycles. The van der Waals surface area contributed by atoms with Crippen molar-refractivity contribution in [1.82, 2.24) is 0 Å². The number of rotatable bonds is 18. The first-order chi connectivity index (χ1) is 12.9. The molecule has 0 spiro atoms. The van der Waals surface area contributed by atoms with E-state index in [2.05, 4.69) is 46.5 Å². The van der Waals surface area contributed by atoms with Crippen LogP contribution in [0.25, 0.3) is 0 Å². The van der Waals surface area contributed by atoms with Crippen LogP contribution in [-0.4, -0.2) is 5.33 Å². The van der Waals surface area contributed by atoms with Gasteiger partial charge in [-0.3, -0.25) is 0 Å². The van der Waals surface area contributed by atoms with Crippen molar-refractivity contribution in [1.29, 1.82) is 0 Å². The maximum absolute atomic E-state index is 3.49. The highest BCUT2D eigenvalue weighted by Gasteiger charge is 1.92. The molecule has 0 heterocycles. The van der Waals surface area contributed by atoms with E-state index in [4.69, 9.17) is 0 Å². The molecule has 0 unspecified atom stereocenters. The van der Waals surface area contributed by atoms with E-state index in [9.17, 15) is 0 Å². The molecule has 26 heavy (non-hydrogen) atoms. The van der Waals surface area contributed by atoms with Gasteiger partial charge in [-0.25, -0.2) is 0 Å². The van der Waals surface area contributed by atoms with Crippen LogP contribution < -0.4 is 0 Å². The van der Waals surface area contributed by atoms with Gasteiger partial charge in [-0.1, -0.05) is 125 Å². The molecule has 0 fully saturated rings. The van der Waals surface area contributed by atoms with Crippen molar-refractivity contribution in [2.75, 3.05) is 5.33 Å². The Kier molecular flexibility index (Phi) is 24.2. The minimum absolute atomic E-state index is 1.03. The fourth-order valence-corrected chi connectivity index (χ4v) is 3.50. The van der Waals surface area contributed by atoms with Crippen LogP contribution >= 0.6 is 15.9 Å². The van der Waals surface area contributed by atoms with Crippen molar-refractivity contribution < 1.29 is 0 Å². The summed E-state index contributed by atoms with van der Waals surface area (Å²) in [6.45, 7) is 2.27. The van der Waals surface area contributed by atoms with E-state index in [-0.39, 0.29) is 0 Å². The molecule has 0 radical (unpaired) electrons. The molecule has 0 aliphatic heterocycles. The Morgan fingerprint density at radius 1 is 0.462 bits per heavy atom. The zero-order valence-corrected chi connectivity index (χ0v) is 19.1. The molecular weight excluding hydrogens is 380 g/mol. The summed E-state index contributed by atoms with van der Waals surface area (Å²) in [6.07, 6.45) is 25.4. The fraction of sp³-hybridized carbons (Fsp3) is 0.840. The summed E-state index contributed by atoms with van der Waals surface area (Å²) in [5.74, 6) is 12.5. The van der Waals surface area contributed by atoms with Gasteiger partial charge in [0.2, 0.25) is 0 Å². The zero-order chi connectivity index (χ0) is 19.0. The first-order valence-corrected chi connectivity index (χ1v) is 12.6. The van der Waals surface area contributed by atoms with Crippen LogP contribution in [0.15, 0.2) is 0 Å². The van der Waals surface area contributed by atoms with Crippen LogP contribution in [0, 0.1) is 23.7 Å². The molecular formula is C25H43Br. The number of hydrogen-bond acceptors (Lipinski definition) is 0. The average Bonchev–Trinajstić information content (AvgIpc) is 2.66. The van der Waals surface area contributed by atoms with Crippen LogP contribution in [-0.2, 0) is 0 Å². The second-order valence-corrected chi connectivity index (χ2v) is 8.24. The predicted molar refractivity (Wildman–Crippen MR) is 123 cm³/mol. The van der Waals surface area contributed by atoms with E-state index in [1.807, 2.05) is 0 Å². The summed E-state index contributed by atoms with van der Waals surface area (Å²) in [5.41, 5.74) is 0.